The van der Waals surface area contributed by atoms with Crippen molar-refractivity contribution >= 4 is 39.2 Å². The van der Waals surface area contributed by atoms with Crippen molar-refractivity contribution in [2.24, 2.45) is 50.7 Å². The van der Waals surface area contributed by atoms with E-state index < -0.39 is 32.6 Å². The van der Waals surface area contributed by atoms with Crippen LogP contribution in [0.3, 0.4) is 0 Å². The predicted molar refractivity (Wildman–Crippen MR) is 229 cm³/mol. The summed E-state index contributed by atoms with van der Waals surface area (Å²) in [5.41, 5.74) is 0.628. The summed E-state index contributed by atoms with van der Waals surface area (Å²) in [5, 5.41) is 10.2. The van der Waals surface area contributed by atoms with Gasteiger partial charge in [0.1, 0.15) is 15.9 Å². The summed E-state index contributed by atoms with van der Waals surface area (Å²) in [6, 6.07) is 8.66. The number of Topliss-reactive ketones (excluding diaryl/α,β-unsaturated/α-hetero) is 1. The maximum Gasteiger partial charge on any atom is 0.309 e. The standard InChI is InChI=1S/C47H65ClN2O8S/c1-28(2)39-32(51)26-47(35-25-37(52)50(30-13-11-29(48)12-14-30)49(35)23-24-59(10,56)57)22-21-45(8)31(40(39)47)15-16-34-44(7)19-18-36(58-38(53)27-42(3,4)41(54)55)43(5,6)33(44)17-20-46(34,45)9/h11-14,25,28,31,33-34,36H,15-24,26-27H2,1-10H3,(H,54,55)/t31-,33+,34-,36+,44+,45-,46-,47+/m1/s1. The highest BCUT2D eigenvalue weighted by Gasteiger charge is 2.70. The number of esters is 1. The number of hydrogen-bond acceptors (Lipinski definition) is 7. The van der Waals surface area contributed by atoms with Gasteiger partial charge in [-0.15, -0.1) is 0 Å². The summed E-state index contributed by atoms with van der Waals surface area (Å²) in [6.45, 7) is 19.3. The number of carboxylic acids is 1. The molecule has 0 unspecified atom stereocenters. The van der Waals surface area contributed by atoms with Gasteiger partial charge in [-0.1, -0.05) is 60.1 Å². The number of aliphatic carboxylic acids is 1. The molecule has 0 aliphatic heterocycles. The third-order valence-electron chi connectivity index (χ3n) is 17.0. The fourth-order valence-corrected chi connectivity index (χ4v) is 14.6. The molecule has 1 aromatic carbocycles. The molecule has 0 saturated heterocycles. The fraction of sp³-hybridized carbons (Fsp3) is 0.702. The van der Waals surface area contributed by atoms with Gasteiger partial charge < -0.3 is 9.84 Å². The maximum absolute atomic E-state index is 14.5. The van der Waals surface area contributed by atoms with Crippen LogP contribution in [0.1, 0.15) is 132 Å². The van der Waals surface area contributed by atoms with Crippen molar-refractivity contribution in [2.45, 2.75) is 145 Å². The normalized spacial score (nSPS) is 34.2. The number of carboxylic acid groups (broad SMARTS) is 1. The van der Waals surface area contributed by atoms with E-state index in [0.29, 0.717) is 29.0 Å². The molecule has 324 valence electrons. The van der Waals surface area contributed by atoms with Crippen LogP contribution in [0, 0.1) is 50.7 Å². The topological polar surface area (TPSA) is 142 Å². The van der Waals surface area contributed by atoms with Crippen molar-refractivity contribution in [3.63, 3.8) is 0 Å². The highest BCUT2D eigenvalue weighted by molar-refractivity contribution is 7.90. The van der Waals surface area contributed by atoms with Crippen LogP contribution in [0.2, 0.25) is 5.02 Å². The molecular formula is C47H65ClN2O8S. The summed E-state index contributed by atoms with van der Waals surface area (Å²) in [5.74, 6) is -0.727. The molecule has 0 bridgehead atoms. The molecule has 2 aromatic rings. The summed E-state index contributed by atoms with van der Waals surface area (Å²) in [4.78, 5) is 53.7. The second-order valence-electron chi connectivity index (χ2n) is 21.4. The number of aromatic nitrogens is 2. The van der Waals surface area contributed by atoms with Crippen molar-refractivity contribution in [2.75, 3.05) is 12.0 Å². The fourth-order valence-electron chi connectivity index (χ4n) is 13.9. The van der Waals surface area contributed by atoms with E-state index >= 15 is 0 Å². The molecule has 4 saturated carbocycles. The first kappa shape index (κ1) is 43.9. The van der Waals surface area contributed by atoms with Gasteiger partial charge in [0.15, 0.2) is 5.78 Å². The van der Waals surface area contributed by atoms with Crippen molar-refractivity contribution in [1.29, 1.82) is 0 Å². The first-order valence-electron chi connectivity index (χ1n) is 21.7. The lowest BCUT2D eigenvalue weighted by Gasteiger charge is -2.72. The number of ether oxygens (including phenoxy) is 1. The molecular weight excluding hydrogens is 788 g/mol. The van der Waals surface area contributed by atoms with Gasteiger partial charge in [0.05, 0.1) is 35.5 Å². The Hall–Kier alpha value is -3.18. The van der Waals surface area contributed by atoms with Gasteiger partial charge in [0, 0.05) is 34.6 Å². The van der Waals surface area contributed by atoms with Gasteiger partial charge in [-0.3, -0.25) is 23.9 Å². The van der Waals surface area contributed by atoms with Crippen LogP contribution < -0.4 is 5.56 Å². The third kappa shape index (κ3) is 6.81. The molecule has 10 nitrogen and oxygen atoms in total. The molecule has 0 radical (unpaired) electrons. The van der Waals surface area contributed by atoms with Crippen LogP contribution in [-0.2, 0) is 40.9 Å². The number of rotatable bonds is 10. The number of fused-ring (bicyclic) bond motifs is 7. The summed E-state index contributed by atoms with van der Waals surface area (Å²) >= 11 is 6.26. The zero-order valence-corrected chi connectivity index (χ0v) is 38.3. The third-order valence-corrected chi connectivity index (χ3v) is 18.2. The largest absolute Gasteiger partial charge is 0.481 e. The Balaban J connectivity index is 1.28. The van der Waals surface area contributed by atoms with E-state index in [1.165, 1.54) is 11.8 Å². The van der Waals surface area contributed by atoms with E-state index in [-0.39, 0.29) is 76.1 Å². The van der Waals surface area contributed by atoms with Gasteiger partial charge >= 0.3 is 11.9 Å². The highest BCUT2D eigenvalue weighted by atomic mass is 35.5. The second-order valence-corrected chi connectivity index (χ2v) is 24.1. The zero-order chi connectivity index (χ0) is 43.5. The first-order chi connectivity index (χ1) is 27.2. The molecule has 0 spiro atoms. The van der Waals surface area contributed by atoms with Gasteiger partial charge in [-0.25, -0.2) is 13.1 Å². The number of halogens is 1. The Morgan fingerprint density at radius 1 is 0.932 bits per heavy atom. The van der Waals surface area contributed by atoms with Crippen LogP contribution >= 0.6 is 11.6 Å². The lowest BCUT2D eigenvalue weighted by atomic mass is 9.33. The van der Waals surface area contributed by atoms with E-state index in [2.05, 4.69) is 48.5 Å². The minimum Gasteiger partial charge on any atom is -0.481 e. The number of ketones is 1. The molecule has 0 amide bonds. The minimum absolute atomic E-state index is 0.0186. The van der Waals surface area contributed by atoms with Crippen LogP contribution in [0.4, 0.5) is 0 Å². The van der Waals surface area contributed by atoms with Crippen LogP contribution in [-0.4, -0.2) is 58.7 Å². The van der Waals surface area contributed by atoms with E-state index in [9.17, 15) is 32.7 Å². The average Bonchev–Trinajstić information content (AvgIpc) is 3.62. The molecule has 1 aromatic heterocycles. The van der Waals surface area contributed by atoms with E-state index in [1.807, 2.05) is 4.68 Å². The van der Waals surface area contributed by atoms with Crippen molar-refractivity contribution in [1.82, 2.24) is 9.36 Å². The summed E-state index contributed by atoms with van der Waals surface area (Å²) in [7, 11) is -3.40. The highest BCUT2D eigenvalue weighted by Crippen LogP contribution is 2.77. The SMILES string of the molecule is CC(C)C1=C2[C@H]3CC[C@@H]4[C@@]5(C)CC[C@H](OC(=O)CC(C)(C)C(=O)O)C(C)(C)[C@@H]5CC[C@@]4(C)[C@]3(C)CC[C@@]2(c2cc(=O)n(-c3ccc(Cl)cc3)n2CCS(C)(=O)=O)CC1=O. The van der Waals surface area contributed by atoms with Crippen molar-refractivity contribution < 1.29 is 32.6 Å². The quantitative estimate of drug-likeness (QED) is 0.234. The first-order valence-corrected chi connectivity index (χ1v) is 24.1. The molecule has 5 aliphatic rings. The van der Waals surface area contributed by atoms with Crippen LogP contribution in [0.5, 0.6) is 0 Å². The minimum atomic E-state index is -3.40. The van der Waals surface area contributed by atoms with E-state index in [0.717, 1.165) is 56.2 Å². The molecule has 12 heteroatoms. The van der Waals surface area contributed by atoms with Gasteiger partial charge in [0.2, 0.25) is 0 Å². The van der Waals surface area contributed by atoms with Crippen molar-refractivity contribution in [3.8, 4) is 5.69 Å². The number of carbonyl (C=O) groups excluding carboxylic acids is 2. The van der Waals surface area contributed by atoms with Gasteiger partial charge in [-0.05, 0) is 141 Å². The predicted octanol–water partition coefficient (Wildman–Crippen LogP) is 8.98. The van der Waals surface area contributed by atoms with E-state index in [4.69, 9.17) is 16.3 Å². The molecule has 1 N–H and O–H groups in total. The lowest BCUT2D eigenvalue weighted by molar-refractivity contribution is -0.232. The van der Waals surface area contributed by atoms with Gasteiger partial charge in [0.25, 0.3) is 5.56 Å². The Bertz CT molecular complexity index is 2270. The van der Waals surface area contributed by atoms with Crippen LogP contribution in [0.25, 0.3) is 5.69 Å². The molecule has 59 heavy (non-hydrogen) atoms. The number of nitrogens with zero attached hydrogens (tertiary/aromatic N) is 2. The Labute approximate surface area is 355 Å². The Kier molecular flexibility index (Phi) is 10.8. The number of benzene rings is 1. The molecule has 5 aliphatic carbocycles. The zero-order valence-electron chi connectivity index (χ0n) is 36.7. The number of allylic oxidation sites excluding steroid dienone is 2. The summed E-state index contributed by atoms with van der Waals surface area (Å²) < 4.78 is 35.0. The van der Waals surface area contributed by atoms with Crippen LogP contribution in [0.15, 0.2) is 46.3 Å². The lowest BCUT2D eigenvalue weighted by Crippen LogP contribution is -2.66. The molecule has 4 fully saturated rings. The maximum atomic E-state index is 14.5. The average molecular weight is 854 g/mol. The van der Waals surface area contributed by atoms with E-state index in [1.54, 1.807) is 48.9 Å². The molecule has 7 rings (SSSR count). The number of carbonyl (C=O) groups is 3. The molecule has 8 atom stereocenters. The Morgan fingerprint density at radius 2 is 1.59 bits per heavy atom. The monoisotopic (exact) mass is 852 g/mol. The van der Waals surface area contributed by atoms with Gasteiger partial charge in [-0.2, -0.15) is 0 Å². The van der Waals surface area contributed by atoms with Crippen molar-refractivity contribution in [3.05, 3.63) is 62.5 Å². The Morgan fingerprint density at radius 3 is 2.20 bits per heavy atom. The summed E-state index contributed by atoms with van der Waals surface area (Å²) in [6.07, 6.45) is 8.06. The molecule has 1 heterocycles. The number of hydrogen-bond donors (Lipinski definition) is 1. The smallest absolute Gasteiger partial charge is 0.309 e. The second kappa shape index (κ2) is 14.5. The number of sulfone groups is 1.